The number of aryl methyl sites for hydroxylation is 1. The highest BCUT2D eigenvalue weighted by atomic mass is 16.5. The SMILES string of the molecule is CN=C(NCc1cc(C)cc(OC)c1)Nc1cccc(OCCCOC)c1. The zero-order valence-electron chi connectivity index (χ0n) is 16.5. The van der Waals surface area contributed by atoms with Crippen LogP contribution in [0.5, 0.6) is 11.5 Å². The number of aliphatic imine (C=N–C) groups is 1. The highest BCUT2D eigenvalue weighted by Crippen LogP contribution is 2.18. The number of anilines is 1. The van der Waals surface area contributed by atoms with Gasteiger partial charge in [0.05, 0.1) is 13.7 Å². The summed E-state index contributed by atoms with van der Waals surface area (Å²) in [5.41, 5.74) is 3.20. The predicted molar refractivity (Wildman–Crippen MR) is 110 cm³/mol. The molecule has 2 aromatic rings. The summed E-state index contributed by atoms with van der Waals surface area (Å²) in [5, 5.41) is 6.61. The zero-order chi connectivity index (χ0) is 19.5. The van der Waals surface area contributed by atoms with E-state index in [2.05, 4.69) is 28.6 Å². The monoisotopic (exact) mass is 371 g/mol. The largest absolute Gasteiger partial charge is 0.497 e. The van der Waals surface area contributed by atoms with E-state index in [4.69, 9.17) is 14.2 Å². The summed E-state index contributed by atoms with van der Waals surface area (Å²) in [6, 6.07) is 14.0. The molecule has 146 valence electrons. The van der Waals surface area contributed by atoms with Gasteiger partial charge in [-0.2, -0.15) is 0 Å². The van der Waals surface area contributed by atoms with Gasteiger partial charge >= 0.3 is 0 Å². The van der Waals surface area contributed by atoms with Gasteiger partial charge in [0.15, 0.2) is 5.96 Å². The molecule has 6 nitrogen and oxygen atoms in total. The summed E-state index contributed by atoms with van der Waals surface area (Å²) in [6.07, 6.45) is 0.858. The van der Waals surface area contributed by atoms with Crippen LogP contribution in [0, 0.1) is 6.92 Å². The Morgan fingerprint density at radius 1 is 1.04 bits per heavy atom. The third-order valence-electron chi connectivity index (χ3n) is 3.89. The van der Waals surface area contributed by atoms with Crippen LogP contribution < -0.4 is 20.1 Å². The first-order chi connectivity index (χ1) is 13.1. The highest BCUT2D eigenvalue weighted by molar-refractivity contribution is 5.93. The molecule has 0 unspecified atom stereocenters. The molecule has 0 fully saturated rings. The van der Waals surface area contributed by atoms with Crippen LogP contribution in [-0.4, -0.2) is 40.4 Å². The molecule has 0 aromatic heterocycles. The first-order valence-corrected chi connectivity index (χ1v) is 8.98. The number of hydrogen-bond donors (Lipinski definition) is 2. The van der Waals surface area contributed by atoms with Crippen LogP contribution in [0.15, 0.2) is 47.5 Å². The number of nitrogens with zero attached hydrogens (tertiary/aromatic N) is 1. The molecule has 2 aromatic carbocycles. The minimum atomic E-state index is 0.624. The van der Waals surface area contributed by atoms with Crippen molar-refractivity contribution in [2.75, 3.05) is 39.8 Å². The first-order valence-electron chi connectivity index (χ1n) is 8.98. The van der Waals surface area contributed by atoms with E-state index >= 15 is 0 Å². The fourth-order valence-corrected chi connectivity index (χ4v) is 2.60. The Morgan fingerprint density at radius 3 is 2.63 bits per heavy atom. The molecule has 0 amide bonds. The van der Waals surface area contributed by atoms with E-state index in [-0.39, 0.29) is 0 Å². The molecule has 2 rings (SSSR count). The van der Waals surface area contributed by atoms with Crippen LogP contribution in [0.25, 0.3) is 0 Å². The highest BCUT2D eigenvalue weighted by Gasteiger charge is 2.04. The van der Waals surface area contributed by atoms with Crippen LogP contribution in [0.3, 0.4) is 0 Å². The van der Waals surface area contributed by atoms with Gasteiger partial charge in [-0.3, -0.25) is 4.99 Å². The van der Waals surface area contributed by atoms with Crippen molar-refractivity contribution in [2.45, 2.75) is 19.9 Å². The minimum absolute atomic E-state index is 0.624. The van der Waals surface area contributed by atoms with Gasteiger partial charge in [-0.1, -0.05) is 12.1 Å². The van der Waals surface area contributed by atoms with Crippen molar-refractivity contribution in [3.05, 3.63) is 53.6 Å². The van der Waals surface area contributed by atoms with Gasteiger partial charge in [-0.25, -0.2) is 0 Å². The van der Waals surface area contributed by atoms with Crippen molar-refractivity contribution in [3.8, 4) is 11.5 Å². The maximum atomic E-state index is 5.74. The Kier molecular flexibility index (Phi) is 8.45. The molecule has 0 aliphatic heterocycles. The van der Waals surface area contributed by atoms with Gasteiger partial charge in [-0.15, -0.1) is 0 Å². The lowest BCUT2D eigenvalue weighted by molar-refractivity contribution is 0.172. The summed E-state index contributed by atoms with van der Waals surface area (Å²) in [4.78, 5) is 4.29. The van der Waals surface area contributed by atoms with E-state index in [0.717, 1.165) is 34.7 Å². The number of guanidine groups is 1. The van der Waals surface area contributed by atoms with Crippen LogP contribution >= 0.6 is 0 Å². The maximum Gasteiger partial charge on any atom is 0.195 e. The summed E-state index contributed by atoms with van der Waals surface area (Å²) in [6.45, 7) is 4.01. The molecule has 0 saturated carbocycles. The number of rotatable bonds is 9. The first kappa shape index (κ1) is 20.6. The fraction of sp³-hybridized carbons (Fsp3) is 0.381. The van der Waals surface area contributed by atoms with Crippen LogP contribution in [0.4, 0.5) is 5.69 Å². The molecule has 0 radical (unpaired) electrons. The summed E-state index contributed by atoms with van der Waals surface area (Å²) >= 11 is 0. The minimum Gasteiger partial charge on any atom is -0.497 e. The van der Waals surface area contributed by atoms with Crippen molar-refractivity contribution in [3.63, 3.8) is 0 Å². The normalized spacial score (nSPS) is 11.2. The van der Waals surface area contributed by atoms with E-state index in [1.165, 1.54) is 0 Å². The van der Waals surface area contributed by atoms with Gasteiger partial charge in [0.1, 0.15) is 11.5 Å². The van der Waals surface area contributed by atoms with E-state index in [1.54, 1.807) is 21.3 Å². The molecule has 0 aliphatic rings. The van der Waals surface area contributed by atoms with E-state index in [1.807, 2.05) is 36.4 Å². The Morgan fingerprint density at radius 2 is 1.89 bits per heavy atom. The summed E-state index contributed by atoms with van der Waals surface area (Å²) in [5.74, 6) is 2.36. The Labute approximate surface area is 161 Å². The number of nitrogens with one attached hydrogen (secondary N) is 2. The van der Waals surface area contributed by atoms with E-state index in [9.17, 15) is 0 Å². The van der Waals surface area contributed by atoms with Gasteiger partial charge in [0.2, 0.25) is 0 Å². The summed E-state index contributed by atoms with van der Waals surface area (Å²) in [7, 11) is 5.12. The number of benzene rings is 2. The second-order valence-electron chi connectivity index (χ2n) is 6.13. The van der Waals surface area contributed by atoms with E-state index in [0.29, 0.717) is 25.7 Å². The lowest BCUT2D eigenvalue weighted by atomic mass is 10.1. The molecule has 0 heterocycles. The zero-order valence-corrected chi connectivity index (χ0v) is 16.5. The van der Waals surface area contributed by atoms with Crippen LogP contribution in [0.1, 0.15) is 17.5 Å². The van der Waals surface area contributed by atoms with Crippen molar-refractivity contribution in [1.29, 1.82) is 0 Å². The van der Waals surface area contributed by atoms with Gasteiger partial charge < -0.3 is 24.8 Å². The Bertz CT molecular complexity index is 747. The lowest BCUT2D eigenvalue weighted by Crippen LogP contribution is -2.30. The van der Waals surface area contributed by atoms with Crippen molar-refractivity contribution in [2.24, 2.45) is 4.99 Å². The predicted octanol–water partition coefficient (Wildman–Crippen LogP) is 3.61. The van der Waals surface area contributed by atoms with Crippen molar-refractivity contribution < 1.29 is 14.2 Å². The standard InChI is InChI=1S/C21H29N3O3/c1-16-11-17(13-20(12-16)26-4)15-23-21(22-2)24-18-7-5-8-19(14-18)27-10-6-9-25-3/h5,7-8,11-14H,6,9-10,15H2,1-4H3,(H2,22,23,24). The third-order valence-corrected chi connectivity index (χ3v) is 3.89. The molecule has 6 heteroatoms. The molecule has 27 heavy (non-hydrogen) atoms. The fourth-order valence-electron chi connectivity index (χ4n) is 2.60. The lowest BCUT2D eigenvalue weighted by Gasteiger charge is -2.14. The Hall–Kier alpha value is -2.73. The van der Waals surface area contributed by atoms with Crippen LogP contribution in [-0.2, 0) is 11.3 Å². The average Bonchev–Trinajstić information content (AvgIpc) is 2.68. The second kappa shape index (κ2) is 11.1. The molecular formula is C21H29N3O3. The van der Waals surface area contributed by atoms with Crippen molar-refractivity contribution >= 4 is 11.6 Å². The molecule has 0 bridgehead atoms. The van der Waals surface area contributed by atoms with Gasteiger partial charge in [-0.05, 0) is 42.3 Å². The quantitative estimate of drug-likeness (QED) is 0.401. The van der Waals surface area contributed by atoms with E-state index < -0.39 is 0 Å². The molecular weight excluding hydrogens is 342 g/mol. The number of ether oxygens (including phenoxy) is 3. The van der Waals surface area contributed by atoms with Crippen molar-refractivity contribution in [1.82, 2.24) is 5.32 Å². The summed E-state index contributed by atoms with van der Waals surface area (Å²) < 4.78 is 16.1. The molecule has 2 N–H and O–H groups in total. The average molecular weight is 371 g/mol. The molecule has 0 aliphatic carbocycles. The van der Waals surface area contributed by atoms with Gasteiger partial charge in [0, 0.05) is 45.5 Å². The maximum absolute atomic E-state index is 5.74. The second-order valence-corrected chi connectivity index (χ2v) is 6.13. The smallest absolute Gasteiger partial charge is 0.195 e. The number of methoxy groups -OCH3 is 2. The van der Waals surface area contributed by atoms with Gasteiger partial charge in [0.25, 0.3) is 0 Å². The Balaban J connectivity index is 1.92. The topological polar surface area (TPSA) is 64.1 Å². The van der Waals surface area contributed by atoms with Crippen LogP contribution in [0.2, 0.25) is 0 Å². The number of hydrogen-bond acceptors (Lipinski definition) is 4. The molecule has 0 saturated heterocycles. The third kappa shape index (κ3) is 7.19. The molecule has 0 atom stereocenters. The molecule has 0 spiro atoms.